The minimum Gasteiger partial charge on any atom is -0.466 e. The smallest absolute Gasteiger partial charge is 0.260 e. The molecule has 0 atom stereocenters. The fourth-order valence-corrected chi connectivity index (χ4v) is 3.70. The zero-order valence-electron chi connectivity index (χ0n) is 11.3. The minimum atomic E-state index is -0.213. The van der Waals surface area contributed by atoms with E-state index in [4.69, 9.17) is 16.0 Å². The molecule has 1 amide bonds. The summed E-state index contributed by atoms with van der Waals surface area (Å²) in [7, 11) is 0. The minimum absolute atomic E-state index is 0.213. The molecule has 3 aromatic rings. The number of amides is 1. The standard InChI is InChI=1S/C14H11ClN2O2S2/c1-7-5-9(8(2)19-7)13(18)17-14-16-10(6-20-14)11-3-4-12(15)21-11/h3-6H,1-2H3,(H,16,17,18). The van der Waals surface area contributed by atoms with Gasteiger partial charge in [-0.2, -0.15) is 0 Å². The molecule has 7 heteroatoms. The number of hydrogen-bond donors (Lipinski definition) is 1. The SMILES string of the molecule is Cc1cc(C(=O)Nc2nc(-c3ccc(Cl)s3)cs2)c(C)o1. The van der Waals surface area contributed by atoms with Crippen LogP contribution in [0.25, 0.3) is 10.6 Å². The zero-order valence-corrected chi connectivity index (χ0v) is 13.7. The van der Waals surface area contributed by atoms with Crippen LogP contribution in [0, 0.1) is 13.8 Å². The van der Waals surface area contributed by atoms with Gasteiger partial charge in [-0.05, 0) is 32.0 Å². The van der Waals surface area contributed by atoms with Gasteiger partial charge in [0.25, 0.3) is 5.91 Å². The highest BCUT2D eigenvalue weighted by Gasteiger charge is 2.15. The first kappa shape index (κ1) is 14.3. The Morgan fingerprint density at radius 3 is 2.81 bits per heavy atom. The first-order valence-corrected chi connectivity index (χ1v) is 8.20. The normalized spacial score (nSPS) is 10.8. The van der Waals surface area contributed by atoms with Crippen molar-refractivity contribution in [2.75, 3.05) is 5.32 Å². The van der Waals surface area contributed by atoms with Gasteiger partial charge in [-0.3, -0.25) is 10.1 Å². The second kappa shape index (κ2) is 5.63. The van der Waals surface area contributed by atoms with Crippen LogP contribution in [0.15, 0.2) is 28.0 Å². The van der Waals surface area contributed by atoms with Crippen molar-refractivity contribution in [3.63, 3.8) is 0 Å². The number of carbonyl (C=O) groups excluding carboxylic acids is 1. The Hall–Kier alpha value is -1.63. The topological polar surface area (TPSA) is 55.1 Å². The summed E-state index contributed by atoms with van der Waals surface area (Å²) in [6, 6.07) is 5.46. The van der Waals surface area contributed by atoms with Gasteiger partial charge >= 0.3 is 0 Å². The predicted molar refractivity (Wildman–Crippen MR) is 86.6 cm³/mol. The van der Waals surface area contributed by atoms with Gasteiger partial charge in [0.1, 0.15) is 11.5 Å². The maximum atomic E-state index is 12.2. The molecule has 0 saturated carbocycles. The van der Waals surface area contributed by atoms with Crippen molar-refractivity contribution in [3.8, 4) is 10.6 Å². The summed E-state index contributed by atoms with van der Waals surface area (Å²) in [6.45, 7) is 3.58. The van der Waals surface area contributed by atoms with Crippen LogP contribution in [0.3, 0.4) is 0 Å². The lowest BCUT2D eigenvalue weighted by molar-refractivity contribution is 0.102. The van der Waals surface area contributed by atoms with E-state index in [-0.39, 0.29) is 5.91 Å². The van der Waals surface area contributed by atoms with E-state index in [9.17, 15) is 4.79 Å². The second-order valence-corrected chi connectivity index (χ2v) is 7.00. The van der Waals surface area contributed by atoms with Gasteiger partial charge in [0, 0.05) is 5.38 Å². The van der Waals surface area contributed by atoms with Crippen molar-refractivity contribution in [2.24, 2.45) is 0 Å². The Balaban J connectivity index is 1.78. The fraction of sp³-hybridized carbons (Fsp3) is 0.143. The van der Waals surface area contributed by atoms with Gasteiger partial charge in [0.2, 0.25) is 0 Å². The van der Waals surface area contributed by atoms with Crippen molar-refractivity contribution in [1.29, 1.82) is 0 Å². The van der Waals surface area contributed by atoms with Crippen LogP contribution in [0.5, 0.6) is 0 Å². The third kappa shape index (κ3) is 3.02. The van der Waals surface area contributed by atoms with Crippen LogP contribution < -0.4 is 5.32 Å². The molecule has 3 aromatic heterocycles. The molecule has 3 rings (SSSR count). The first-order valence-electron chi connectivity index (χ1n) is 6.12. The molecule has 21 heavy (non-hydrogen) atoms. The molecule has 0 fully saturated rings. The Bertz CT molecular complexity index is 804. The Morgan fingerprint density at radius 2 is 2.19 bits per heavy atom. The maximum Gasteiger partial charge on any atom is 0.260 e. The number of thiophene rings is 1. The lowest BCUT2D eigenvalue weighted by Crippen LogP contribution is -2.11. The van der Waals surface area contributed by atoms with Crippen LogP contribution in [0.2, 0.25) is 4.34 Å². The van der Waals surface area contributed by atoms with Gasteiger partial charge in [-0.15, -0.1) is 22.7 Å². The van der Waals surface area contributed by atoms with Crippen LogP contribution in [-0.4, -0.2) is 10.9 Å². The number of aromatic nitrogens is 1. The number of halogens is 1. The molecule has 0 radical (unpaired) electrons. The molecule has 0 aliphatic carbocycles. The molecule has 0 bridgehead atoms. The van der Waals surface area contributed by atoms with E-state index in [1.807, 2.05) is 24.4 Å². The molecule has 0 aromatic carbocycles. The second-order valence-electron chi connectivity index (χ2n) is 4.42. The number of thiazole rings is 1. The molecule has 0 saturated heterocycles. The highest BCUT2D eigenvalue weighted by atomic mass is 35.5. The molecule has 3 heterocycles. The fourth-order valence-electron chi connectivity index (χ4n) is 1.92. The molecule has 108 valence electrons. The quantitative estimate of drug-likeness (QED) is 0.732. The van der Waals surface area contributed by atoms with Crippen LogP contribution >= 0.6 is 34.3 Å². The third-order valence-corrected chi connectivity index (χ3v) is 4.85. The number of furan rings is 1. The number of nitrogens with one attached hydrogen (secondary N) is 1. The maximum absolute atomic E-state index is 12.2. The Morgan fingerprint density at radius 1 is 1.38 bits per heavy atom. The summed E-state index contributed by atoms with van der Waals surface area (Å²) in [5.74, 6) is 1.10. The average molecular weight is 339 g/mol. The Kier molecular flexibility index (Phi) is 3.84. The molecule has 4 nitrogen and oxygen atoms in total. The number of aryl methyl sites for hydroxylation is 2. The molecule has 0 spiro atoms. The molecule has 1 N–H and O–H groups in total. The van der Waals surface area contributed by atoms with Crippen LogP contribution in [0.4, 0.5) is 5.13 Å². The van der Waals surface area contributed by atoms with Gasteiger partial charge in [-0.25, -0.2) is 4.98 Å². The molecular weight excluding hydrogens is 328 g/mol. The highest BCUT2D eigenvalue weighted by Crippen LogP contribution is 2.33. The Labute approximate surface area is 134 Å². The van der Waals surface area contributed by atoms with Crippen molar-refractivity contribution >= 4 is 45.3 Å². The monoisotopic (exact) mass is 338 g/mol. The molecular formula is C14H11ClN2O2S2. The summed E-state index contributed by atoms with van der Waals surface area (Å²) >= 11 is 8.75. The van der Waals surface area contributed by atoms with Gasteiger partial charge < -0.3 is 4.42 Å². The van der Waals surface area contributed by atoms with Gasteiger partial charge in [-0.1, -0.05) is 11.6 Å². The largest absolute Gasteiger partial charge is 0.466 e. The van der Waals surface area contributed by atoms with Crippen molar-refractivity contribution < 1.29 is 9.21 Å². The number of nitrogens with zero attached hydrogens (tertiary/aromatic N) is 1. The van der Waals surface area contributed by atoms with Gasteiger partial charge in [0.05, 0.1) is 20.5 Å². The van der Waals surface area contributed by atoms with E-state index in [0.717, 1.165) is 10.6 Å². The average Bonchev–Trinajstić information content (AvgIpc) is 3.10. The third-order valence-electron chi connectivity index (χ3n) is 2.84. The number of hydrogen-bond acceptors (Lipinski definition) is 5. The van der Waals surface area contributed by atoms with Crippen LogP contribution in [0.1, 0.15) is 21.9 Å². The van der Waals surface area contributed by atoms with Crippen LogP contribution in [-0.2, 0) is 0 Å². The van der Waals surface area contributed by atoms with Crippen molar-refractivity contribution in [3.05, 3.63) is 45.0 Å². The summed E-state index contributed by atoms with van der Waals surface area (Å²) in [5.41, 5.74) is 1.34. The van der Waals surface area contributed by atoms with E-state index < -0.39 is 0 Å². The predicted octanol–water partition coefficient (Wildman–Crippen LogP) is 4.99. The molecule has 0 aliphatic rings. The summed E-state index contributed by atoms with van der Waals surface area (Å²) in [4.78, 5) is 17.6. The molecule has 0 aliphatic heterocycles. The number of carbonyl (C=O) groups is 1. The lowest BCUT2D eigenvalue weighted by atomic mass is 10.2. The van der Waals surface area contributed by atoms with E-state index in [1.165, 1.54) is 22.7 Å². The summed E-state index contributed by atoms with van der Waals surface area (Å²) in [6.07, 6.45) is 0. The summed E-state index contributed by atoms with van der Waals surface area (Å²) in [5, 5.41) is 5.24. The van der Waals surface area contributed by atoms with Crippen molar-refractivity contribution in [2.45, 2.75) is 13.8 Å². The van der Waals surface area contributed by atoms with E-state index in [1.54, 1.807) is 13.0 Å². The highest BCUT2D eigenvalue weighted by molar-refractivity contribution is 7.20. The number of anilines is 1. The summed E-state index contributed by atoms with van der Waals surface area (Å²) < 4.78 is 6.08. The van der Waals surface area contributed by atoms with Gasteiger partial charge in [0.15, 0.2) is 5.13 Å². The van der Waals surface area contributed by atoms with E-state index in [0.29, 0.717) is 26.6 Å². The number of rotatable bonds is 3. The molecule has 0 unspecified atom stereocenters. The zero-order chi connectivity index (χ0) is 15.0. The lowest BCUT2D eigenvalue weighted by Gasteiger charge is -1.99. The first-order chi connectivity index (χ1) is 10.0. The van der Waals surface area contributed by atoms with Crippen molar-refractivity contribution in [1.82, 2.24) is 4.98 Å². The van der Waals surface area contributed by atoms with E-state index in [2.05, 4.69) is 10.3 Å². The van der Waals surface area contributed by atoms with E-state index >= 15 is 0 Å².